The summed E-state index contributed by atoms with van der Waals surface area (Å²) in [4.78, 5) is 19.9. The molecule has 2 bridgehead atoms. The molecule has 3 heterocycles. The Bertz CT molecular complexity index is 1260. The number of aromatic nitrogens is 2. The van der Waals surface area contributed by atoms with Crippen LogP contribution in [0.4, 0.5) is 5.69 Å². The van der Waals surface area contributed by atoms with E-state index in [0.717, 1.165) is 56.1 Å². The molecule has 3 aliphatic rings. The molecule has 0 unspecified atom stereocenters. The average Bonchev–Trinajstić information content (AvgIpc) is 3.50. The zero-order chi connectivity index (χ0) is 27.0. The lowest BCUT2D eigenvalue weighted by atomic mass is 9.77. The fourth-order valence-electron chi connectivity index (χ4n) is 6.60. The van der Waals surface area contributed by atoms with Gasteiger partial charge in [0, 0.05) is 17.4 Å². The maximum absolute atomic E-state index is 13.0. The molecule has 1 aromatic heterocycles. The largest absolute Gasteiger partial charge is 0.393 e. The van der Waals surface area contributed by atoms with Gasteiger partial charge < -0.3 is 25.3 Å². The lowest BCUT2D eigenvalue weighted by Crippen LogP contribution is -2.47. The average molecular weight is 519 g/mol. The Morgan fingerprint density at radius 2 is 1.92 bits per heavy atom. The van der Waals surface area contributed by atoms with Crippen LogP contribution in [0, 0.1) is 16.7 Å². The second-order valence-electron chi connectivity index (χ2n) is 12.2. The fraction of sp³-hybridized carbons (Fsp3) is 0.567. The van der Waals surface area contributed by atoms with Crippen molar-refractivity contribution in [1.82, 2.24) is 9.97 Å². The van der Waals surface area contributed by atoms with Crippen LogP contribution in [0.25, 0.3) is 5.57 Å². The molecule has 38 heavy (non-hydrogen) atoms. The van der Waals surface area contributed by atoms with Gasteiger partial charge in [0.05, 0.1) is 24.4 Å². The Hall–Kier alpha value is -2.99. The first-order valence-electron chi connectivity index (χ1n) is 13.7. The first-order valence-corrected chi connectivity index (χ1v) is 13.7. The van der Waals surface area contributed by atoms with E-state index in [1.807, 2.05) is 18.2 Å². The number of anilines is 1. The van der Waals surface area contributed by atoms with Crippen molar-refractivity contribution in [2.45, 2.75) is 88.8 Å². The predicted molar refractivity (Wildman–Crippen MR) is 144 cm³/mol. The smallest absolute Gasteiger partial charge is 0.291 e. The Kier molecular flexibility index (Phi) is 7.21. The molecule has 3 atom stereocenters. The van der Waals surface area contributed by atoms with Gasteiger partial charge in [-0.05, 0) is 92.4 Å². The van der Waals surface area contributed by atoms with Gasteiger partial charge in [-0.3, -0.25) is 4.79 Å². The molecule has 8 nitrogen and oxygen atoms in total. The van der Waals surface area contributed by atoms with E-state index in [-0.39, 0.29) is 30.7 Å². The highest BCUT2D eigenvalue weighted by molar-refractivity contribution is 6.03. The maximum Gasteiger partial charge on any atom is 0.291 e. The van der Waals surface area contributed by atoms with Gasteiger partial charge in [0.15, 0.2) is 11.5 Å². The number of allylic oxidation sites excluding steroid dienone is 2. The van der Waals surface area contributed by atoms with Crippen molar-refractivity contribution in [3.63, 3.8) is 0 Å². The molecule has 0 saturated carbocycles. The third kappa shape index (κ3) is 5.28. The third-order valence-electron chi connectivity index (χ3n) is 8.81. The summed E-state index contributed by atoms with van der Waals surface area (Å²) >= 11 is 0. The van der Waals surface area contributed by atoms with Crippen molar-refractivity contribution in [2.75, 3.05) is 18.5 Å². The monoisotopic (exact) mass is 518 g/mol. The van der Waals surface area contributed by atoms with E-state index >= 15 is 0 Å². The number of imidazole rings is 1. The van der Waals surface area contributed by atoms with Crippen LogP contribution in [0.2, 0.25) is 0 Å². The van der Waals surface area contributed by atoms with E-state index < -0.39 is 17.1 Å². The van der Waals surface area contributed by atoms with Crippen LogP contribution in [0.1, 0.15) is 105 Å². The molecular weight excluding hydrogens is 480 g/mol. The number of carbonyl (C=O) groups excluding carboxylic acids is 1. The van der Waals surface area contributed by atoms with Gasteiger partial charge in [-0.25, -0.2) is 4.98 Å². The van der Waals surface area contributed by atoms with E-state index in [1.165, 1.54) is 11.8 Å². The van der Waals surface area contributed by atoms with Crippen LogP contribution in [-0.2, 0) is 4.74 Å². The number of aromatic amines is 1. The molecule has 202 valence electrons. The van der Waals surface area contributed by atoms with Crippen LogP contribution in [0.5, 0.6) is 0 Å². The summed E-state index contributed by atoms with van der Waals surface area (Å²) < 4.78 is 6.25. The lowest BCUT2D eigenvalue weighted by molar-refractivity contribution is -0.177. The highest BCUT2D eigenvalue weighted by Gasteiger charge is 2.55. The van der Waals surface area contributed by atoms with Gasteiger partial charge >= 0.3 is 0 Å². The Labute approximate surface area is 224 Å². The van der Waals surface area contributed by atoms with Crippen LogP contribution in [-0.4, -0.2) is 50.5 Å². The van der Waals surface area contributed by atoms with Crippen LogP contribution >= 0.6 is 0 Å². The molecule has 4 N–H and O–H groups in total. The van der Waals surface area contributed by atoms with Gasteiger partial charge in [0.25, 0.3) is 5.91 Å². The number of nitrogens with one attached hydrogen (secondary N) is 2. The molecule has 0 spiro atoms. The summed E-state index contributed by atoms with van der Waals surface area (Å²) in [5.41, 5.74) is 3.33. The number of ether oxygens (including phenoxy) is 1. The summed E-state index contributed by atoms with van der Waals surface area (Å²) in [6.45, 7) is 4.54. The van der Waals surface area contributed by atoms with Crippen molar-refractivity contribution in [3.05, 3.63) is 53.1 Å². The summed E-state index contributed by atoms with van der Waals surface area (Å²) in [5.74, 6) is -0.165. The minimum Gasteiger partial charge on any atom is -0.393 e. The zero-order valence-electron chi connectivity index (χ0n) is 22.3. The van der Waals surface area contributed by atoms with Crippen LogP contribution in [0.15, 0.2) is 30.5 Å². The molecule has 1 aromatic carbocycles. The Morgan fingerprint density at radius 1 is 1.18 bits per heavy atom. The molecule has 0 radical (unpaired) electrons. The fourth-order valence-corrected chi connectivity index (χ4v) is 6.60. The molecule has 2 fully saturated rings. The maximum atomic E-state index is 13.0. The van der Waals surface area contributed by atoms with Crippen molar-refractivity contribution >= 4 is 17.2 Å². The number of nitrogens with zero attached hydrogens (tertiary/aromatic N) is 2. The number of benzene rings is 1. The van der Waals surface area contributed by atoms with Crippen molar-refractivity contribution in [3.8, 4) is 6.07 Å². The molecular formula is C30H38N4O4. The first-order chi connectivity index (χ1) is 18.2. The summed E-state index contributed by atoms with van der Waals surface area (Å²) in [5, 5.41) is 32.5. The van der Waals surface area contributed by atoms with Gasteiger partial charge in [-0.1, -0.05) is 26.0 Å². The summed E-state index contributed by atoms with van der Waals surface area (Å²) in [7, 11) is 0. The van der Waals surface area contributed by atoms with Gasteiger partial charge in [-0.15, -0.1) is 0 Å². The molecule has 5 rings (SSSR count). The van der Waals surface area contributed by atoms with E-state index in [4.69, 9.17) is 10.00 Å². The predicted octanol–water partition coefficient (Wildman–Crippen LogP) is 5.06. The highest BCUT2D eigenvalue weighted by atomic mass is 16.6. The first kappa shape index (κ1) is 26.6. The quantitative estimate of drug-likeness (QED) is 0.423. The number of hydrogen-bond donors (Lipinski definition) is 4. The van der Waals surface area contributed by atoms with E-state index in [1.54, 1.807) is 0 Å². The Balaban J connectivity index is 1.50. The SMILES string of the molecule is CC1(C)CC/C=C(/c2cc([C@H]3C[C@]4(CO)CC[C@](CO)(C3)O4)ccc2NC(=O)c2nc(C#N)c[nH]2)CCC1. The van der Waals surface area contributed by atoms with Crippen LogP contribution < -0.4 is 5.32 Å². The second-order valence-corrected chi connectivity index (χ2v) is 12.2. The topological polar surface area (TPSA) is 131 Å². The zero-order valence-corrected chi connectivity index (χ0v) is 22.3. The van der Waals surface area contributed by atoms with Gasteiger partial charge in [-0.2, -0.15) is 5.26 Å². The number of aliphatic hydroxyl groups excluding tert-OH is 2. The number of rotatable bonds is 6. The number of nitriles is 1. The van der Waals surface area contributed by atoms with Gasteiger partial charge in [0.2, 0.25) is 0 Å². The van der Waals surface area contributed by atoms with Gasteiger partial charge in [0.1, 0.15) is 6.07 Å². The number of aliphatic hydroxyl groups is 2. The number of H-pyrrole nitrogens is 1. The second kappa shape index (κ2) is 10.3. The molecule has 2 saturated heterocycles. The van der Waals surface area contributed by atoms with Crippen molar-refractivity contribution in [2.24, 2.45) is 5.41 Å². The molecule has 1 amide bonds. The van der Waals surface area contributed by atoms with E-state index in [2.05, 4.69) is 41.3 Å². The molecule has 2 aromatic rings. The van der Waals surface area contributed by atoms with Crippen molar-refractivity contribution < 1.29 is 19.7 Å². The van der Waals surface area contributed by atoms with Crippen molar-refractivity contribution in [1.29, 1.82) is 5.26 Å². The lowest BCUT2D eigenvalue weighted by Gasteiger charge is -2.43. The van der Waals surface area contributed by atoms with E-state index in [9.17, 15) is 15.0 Å². The Morgan fingerprint density at radius 3 is 2.58 bits per heavy atom. The molecule has 8 heteroatoms. The number of fused-ring (bicyclic) bond motifs is 2. The molecule has 1 aliphatic carbocycles. The third-order valence-corrected chi connectivity index (χ3v) is 8.81. The number of hydrogen-bond acceptors (Lipinski definition) is 6. The minimum atomic E-state index is -0.610. The number of carbonyl (C=O) groups is 1. The molecule has 2 aliphatic heterocycles. The summed E-state index contributed by atoms with van der Waals surface area (Å²) in [6.07, 6.45) is 11.9. The van der Waals surface area contributed by atoms with E-state index in [0.29, 0.717) is 23.9 Å². The standard InChI is InChI=1S/C30H38N4O4/c1-28(2)9-3-5-20(6-4-10-28)24-13-21(22-14-29(18-35)11-12-30(15-22,19-36)38-29)7-8-25(24)34-27(37)26-32-17-23(16-31)33-26/h5,7-8,13,17,22,35-36H,3-4,6,9-12,14-15,18-19H2,1-2H3,(H,32,33)(H,34,37)/b20-5+/t22-,29-,30+. The highest BCUT2D eigenvalue weighted by Crippen LogP contribution is 2.53. The normalized spacial score (nSPS) is 30.0. The minimum absolute atomic E-state index is 0.0545. The van der Waals surface area contributed by atoms with Crippen LogP contribution in [0.3, 0.4) is 0 Å². The summed E-state index contributed by atoms with van der Waals surface area (Å²) in [6, 6.07) is 8.12. The number of amides is 1.